The highest BCUT2D eigenvalue weighted by Gasteiger charge is 2.49. The van der Waals surface area contributed by atoms with Gasteiger partial charge in [0.1, 0.15) is 6.10 Å². The van der Waals surface area contributed by atoms with E-state index in [1.165, 1.54) is 6.92 Å². The number of fused-ring (bicyclic) bond motifs is 1. The van der Waals surface area contributed by atoms with Crippen molar-refractivity contribution in [3.63, 3.8) is 0 Å². The molecule has 2 rings (SSSR count). The topological polar surface area (TPSA) is 60.4 Å². The molecule has 120 valence electrons. The first kappa shape index (κ1) is 16.7. The summed E-state index contributed by atoms with van der Waals surface area (Å²) in [5, 5.41) is 0. The Balaban J connectivity index is 2.30. The molecule has 4 unspecified atom stereocenters. The van der Waals surface area contributed by atoms with E-state index in [-0.39, 0.29) is 40.9 Å². The highest BCUT2D eigenvalue weighted by molar-refractivity contribution is 6.19. The third-order valence-corrected chi connectivity index (χ3v) is 5.39. The second kappa shape index (κ2) is 5.82. The average molecular weight is 304 g/mol. The van der Waals surface area contributed by atoms with Gasteiger partial charge in [0, 0.05) is 17.9 Å². The predicted octanol–water partition coefficient (Wildman–Crippen LogP) is 3.01. The van der Waals surface area contributed by atoms with Gasteiger partial charge in [-0.1, -0.05) is 26.5 Å². The molecule has 0 bridgehead atoms. The van der Waals surface area contributed by atoms with Gasteiger partial charge in [-0.3, -0.25) is 9.59 Å². The van der Waals surface area contributed by atoms with Gasteiger partial charge in [0.25, 0.3) is 0 Å². The number of ketones is 2. The lowest BCUT2D eigenvalue weighted by Crippen LogP contribution is -2.48. The summed E-state index contributed by atoms with van der Waals surface area (Å²) in [5.74, 6) is -0.353. The van der Waals surface area contributed by atoms with Crippen molar-refractivity contribution in [3.8, 4) is 0 Å². The highest BCUT2D eigenvalue weighted by atomic mass is 16.5. The first-order valence-electron chi connectivity index (χ1n) is 7.80. The molecule has 0 heterocycles. The van der Waals surface area contributed by atoms with Crippen molar-refractivity contribution in [1.82, 2.24) is 0 Å². The minimum absolute atomic E-state index is 0.0528. The number of ether oxygens (including phenoxy) is 1. The standard InChI is InChI=1S/C18H24O4/c1-10(2)17(21)22-16-7-6-13-8-15(20)14(12(4)19)9-18(13,5)11(16)3/h9,11,13,16H,1,6-8H2,2-5H3. The van der Waals surface area contributed by atoms with Gasteiger partial charge in [0.2, 0.25) is 0 Å². The van der Waals surface area contributed by atoms with Gasteiger partial charge in [-0.15, -0.1) is 0 Å². The van der Waals surface area contributed by atoms with E-state index in [0.29, 0.717) is 17.6 Å². The molecule has 0 spiro atoms. The van der Waals surface area contributed by atoms with Gasteiger partial charge in [-0.25, -0.2) is 4.79 Å². The Morgan fingerprint density at radius 3 is 2.50 bits per heavy atom. The van der Waals surface area contributed by atoms with Crippen molar-refractivity contribution in [2.75, 3.05) is 0 Å². The normalized spacial score (nSPS) is 34.5. The largest absolute Gasteiger partial charge is 0.459 e. The summed E-state index contributed by atoms with van der Waals surface area (Å²) in [6, 6.07) is 0. The predicted molar refractivity (Wildman–Crippen MR) is 83.1 cm³/mol. The Morgan fingerprint density at radius 2 is 1.95 bits per heavy atom. The van der Waals surface area contributed by atoms with Crippen molar-refractivity contribution in [3.05, 3.63) is 23.8 Å². The molecule has 2 aliphatic carbocycles. The maximum Gasteiger partial charge on any atom is 0.333 e. The van der Waals surface area contributed by atoms with Gasteiger partial charge in [-0.05, 0) is 38.0 Å². The lowest BCUT2D eigenvalue weighted by molar-refractivity contribution is -0.154. The fourth-order valence-corrected chi connectivity index (χ4v) is 3.69. The van der Waals surface area contributed by atoms with Crippen LogP contribution in [0.15, 0.2) is 23.8 Å². The number of hydrogen-bond acceptors (Lipinski definition) is 4. The molecule has 2 aliphatic rings. The van der Waals surface area contributed by atoms with Gasteiger partial charge in [-0.2, -0.15) is 0 Å². The van der Waals surface area contributed by atoms with E-state index in [4.69, 9.17) is 4.74 Å². The van der Waals surface area contributed by atoms with Crippen LogP contribution >= 0.6 is 0 Å². The van der Waals surface area contributed by atoms with E-state index in [9.17, 15) is 14.4 Å². The minimum Gasteiger partial charge on any atom is -0.459 e. The smallest absolute Gasteiger partial charge is 0.333 e. The third-order valence-electron chi connectivity index (χ3n) is 5.39. The lowest BCUT2D eigenvalue weighted by atomic mass is 9.56. The fraction of sp³-hybridized carbons (Fsp3) is 0.611. The molecule has 1 fully saturated rings. The van der Waals surface area contributed by atoms with Crippen molar-refractivity contribution >= 4 is 17.5 Å². The maximum atomic E-state index is 12.1. The molecule has 4 heteroatoms. The number of allylic oxidation sites excluding steroid dienone is 2. The molecule has 0 amide bonds. The molecule has 0 N–H and O–H groups in total. The summed E-state index contributed by atoms with van der Waals surface area (Å²) in [5.41, 5.74) is 0.392. The van der Waals surface area contributed by atoms with Crippen LogP contribution in [0.1, 0.15) is 47.0 Å². The Morgan fingerprint density at radius 1 is 1.32 bits per heavy atom. The quantitative estimate of drug-likeness (QED) is 0.457. The monoisotopic (exact) mass is 304 g/mol. The summed E-state index contributed by atoms with van der Waals surface area (Å²) >= 11 is 0. The zero-order valence-corrected chi connectivity index (χ0v) is 13.8. The molecule has 0 aromatic rings. The Hall–Kier alpha value is -1.71. The number of rotatable bonds is 3. The van der Waals surface area contributed by atoms with E-state index in [2.05, 4.69) is 13.5 Å². The summed E-state index contributed by atoms with van der Waals surface area (Å²) in [4.78, 5) is 35.6. The van der Waals surface area contributed by atoms with Crippen molar-refractivity contribution in [1.29, 1.82) is 0 Å². The van der Waals surface area contributed by atoms with Crippen LogP contribution in [0.4, 0.5) is 0 Å². The van der Waals surface area contributed by atoms with E-state index in [0.717, 1.165) is 12.8 Å². The Labute approximate surface area is 131 Å². The number of esters is 1. The van der Waals surface area contributed by atoms with Gasteiger partial charge < -0.3 is 4.74 Å². The Kier molecular flexibility index (Phi) is 4.41. The zero-order chi connectivity index (χ0) is 16.7. The first-order valence-corrected chi connectivity index (χ1v) is 7.80. The van der Waals surface area contributed by atoms with Crippen molar-refractivity contribution < 1.29 is 19.1 Å². The molecular weight excluding hydrogens is 280 g/mol. The molecule has 0 aromatic carbocycles. The molecule has 0 saturated heterocycles. The van der Waals surface area contributed by atoms with Gasteiger partial charge in [0.15, 0.2) is 11.6 Å². The van der Waals surface area contributed by atoms with Crippen LogP contribution in [-0.4, -0.2) is 23.6 Å². The average Bonchev–Trinajstić information content (AvgIpc) is 2.43. The summed E-state index contributed by atoms with van der Waals surface area (Å²) in [6.07, 6.45) is 3.60. The number of carbonyl (C=O) groups excluding carboxylic acids is 3. The van der Waals surface area contributed by atoms with Crippen LogP contribution in [0.25, 0.3) is 0 Å². The number of carbonyl (C=O) groups is 3. The lowest BCUT2D eigenvalue weighted by Gasteiger charge is -2.49. The molecule has 0 radical (unpaired) electrons. The number of hydrogen-bond donors (Lipinski definition) is 0. The van der Waals surface area contributed by atoms with Crippen LogP contribution in [0.3, 0.4) is 0 Å². The Bertz CT molecular complexity index is 572. The first-order chi connectivity index (χ1) is 10.2. The molecule has 4 atom stereocenters. The van der Waals surface area contributed by atoms with E-state index in [1.54, 1.807) is 6.92 Å². The molecular formula is C18H24O4. The maximum absolute atomic E-state index is 12.1. The molecule has 22 heavy (non-hydrogen) atoms. The zero-order valence-electron chi connectivity index (χ0n) is 13.8. The van der Waals surface area contributed by atoms with Crippen LogP contribution in [0.2, 0.25) is 0 Å². The third kappa shape index (κ3) is 2.79. The molecule has 0 aliphatic heterocycles. The second-order valence-electron chi connectivity index (χ2n) is 6.89. The summed E-state index contributed by atoms with van der Waals surface area (Å²) in [7, 11) is 0. The molecule has 4 nitrogen and oxygen atoms in total. The van der Waals surface area contributed by atoms with Crippen LogP contribution in [0, 0.1) is 17.3 Å². The number of Topliss-reactive ketones (excluding diaryl/α,β-unsaturated/α-hetero) is 2. The van der Waals surface area contributed by atoms with Crippen molar-refractivity contribution in [2.45, 2.75) is 53.1 Å². The minimum atomic E-state index is -0.374. The fourth-order valence-electron chi connectivity index (χ4n) is 3.69. The molecule has 1 saturated carbocycles. The van der Waals surface area contributed by atoms with E-state index < -0.39 is 0 Å². The summed E-state index contributed by atoms with van der Waals surface area (Å²) in [6.45, 7) is 10.8. The van der Waals surface area contributed by atoms with Gasteiger partial charge >= 0.3 is 5.97 Å². The van der Waals surface area contributed by atoms with E-state index in [1.807, 2.05) is 13.0 Å². The van der Waals surface area contributed by atoms with Crippen LogP contribution in [-0.2, 0) is 19.1 Å². The van der Waals surface area contributed by atoms with Crippen molar-refractivity contribution in [2.24, 2.45) is 17.3 Å². The second-order valence-corrected chi connectivity index (χ2v) is 6.89. The van der Waals surface area contributed by atoms with E-state index >= 15 is 0 Å². The molecule has 0 aromatic heterocycles. The van der Waals surface area contributed by atoms with Crippen LogP contribution in [0.5, 0.6) is 0 Å². The SMILES string of the molecule is C=C(C)C(=O)OC1CCC2CC(=O)C(C(C)=O)=CC2(C)C1C. The van der Waals surface area contributed by atoms with Crippen LogP contribution < -0.4 is 0 Å². The highest BCUT2D eigenvalue weighted by Crippen LogP contribution is 2.51. The summed E-state index contributed by atoms with van der Waals surface area (Å²) < 4.78 is 5.56. The van der Waals surface area contributed by atoms with Gasteiger partial charge in [0.05, 0.1) is 5.57 Å².